The third-order valence-corrected chi connectivity index (χ3v) is 2.07. The van der Waals surface area contributed by atoms with Crippen molar-refractivity contribution >= 4 is 0 Å². The van der Waals surface area contributed by atoms with Crippen LogP contribution in [0, 0.1) is 0 Å². The lowest BCUT2D eigenvalue weighted by Gasteiger charge is -2.06. The molecule has 0 unspecified atom stereocenters. The molecule has 0 atom stereocenters. The molecule has 1 heterocycles. The number of methoxy groups -OCH3 is 1. The van der Waals surface area contributed by atoms with Crippen molar-refractivity contribution in [3.8, 4) is 17.4 Å². The maximum atomic E-state index is 8.84. The maximum Gasteiger partial charge on any atom is 0.290 e. The van der Waals surface area contributed by atoms with Gasteiger partial charge in [-0.2, -0.15) is 0 Å². The fraction of sp³-hybridized carbons (Fsp3) is 0.167. The van der Waals surface area contributed by atoms with Gasteiger partial charge in [-0.1, -0.05) is 12.1 Å². The first-order valence-corrected chi connectivity index (χ1v) is 4.84. The Hall–Kier alpha value is -1.94. The molecular formula is C12H12O4. The molecule has 0 aliphatic rings. The van der Waals surface area contributed by atoms with Gasteiger partial charge >= 0.3 is 0 Å². The quantitative estimate of drug-likeness (QED) is 0.860. The van der Waals surface area contributed by atoms with Crippen LogP contribution in [0.25, 0.3) is 0 Å². The second kappa shape index (κ2) is 4.72. The first-order valence-electron chi connectivity index (χ1n) is 4.84. The molecule has 0 saturated carbocycles. The van der Waals surface area contributed by atoms with Gasteiger partial charge in [-0.15, -0.1) is 0 Å². The van der Waals surface area contributed by atoms with Crippen molar-refractivity contribution in [2.24, 2.45) is 0 Å². The number of para-hydroxylation sites is 2. The summed E-state index contributed by atoms with van der Waals surface area (Å²) in [6.45, 7) is -0.144. The zero-order valence-electron chi connectivity index (χ0n) is 8.84. The van der Waals surface area contributed by atoms with E-state index in [1.807, 2.05) is 12.1 Å². The minimum absolute atomic E-state index is 0.144. The summed E-state index contributed by atoms with van der Waals surface area (Å²) in [6, 6.07) is 10.6. The van der Waals surface area contributed by atoms with Gasteiger partial charge < -0.3 is 19.0 Å². The van der Waals surface area contributed by atoms with E-state index in [1.165, 1.54) is 0 Å². The highest BCUT2D eigenvalue weighted by molar-refractivity contribution is 5.41. The van der Waals surface area contributed by atoms with Crippen LogP contribution in [0.1, 0.15) is 5.76 Å². The lowest BCUT2D eigenvalue weighted by molar-refractivity contribution is 0.230. The highest BCUT2D eigenvalue weighted by Gasteiger charge is 2.07. The molecule has 4 heteroatoms. The average molecular weight is 220 g/mol. The Labute approximate surface area is 93.0 Å². The van der Waals surface area contributed by atoms with Crippen molar-refractivity contribution in [1.82, 2.24) is 0 Å². The highest BCUT2D eigenvalue weighted by atomic mass is 16.6. The van der Waals surface area contributed by atoms with Crippen molar-refractivity contribution in [3.05, 3.63) is 42.2 Å². The predicted molar refractivity (Wildman–Crippen MR) is 57.7 cm³/mol. The zero-order chi connectivity index (χ0) is 11.4. The summed E-state index contributed by atoms with van der Waals surface area (Å²) in [6.07, 6.45) is 0. The van der Waals surface area contributed by atoms with E-state index in [1.54, 1.807) is 31.4 Å². The normalized spacial score (nSPS) is 10.1. The van der Waals surface area contributed by atoms with E-state index in [0.717, 1.165) is 0 Å². The number of ether oxygens (including phenoxy) is 2. The fourth-order valence-electron chi connectivity index (χ4n) is 1.31. The van der Waals surface area contributed by atoms with Gasteiger partial charge in [0.15, 0.2) is 11.5 Å². The van der Waals surface area contributed by atoms with E-state index in [0.29, 0.717) is 23.2 Å². The van der Waals surface area contributed by atoms with Crippen molar-refractivity contribution in [3.63, 3.8) is 0 Å². The molecule has 0 aliphatic heterocycles. The van der Waals surface area contributed by atoms with E-state index in [9.17, 15) is 0 Å². The van der Waals surface area contributed by atoms with Gasteiger partial charge in [0.1, 0.15) is 12.4 Å². The number of rotatable bonds is 4. The van der Waals surface area contributed by atoms with Crippen LogP contribution in [-0.4, -0.2) is 12.2 Å². The minimum atomic E-state index is -0.144. The number of benzene rings is 1. The Bertz CT molecular complexity index is 462. The lowest BCUT2D eigenvalue weighted by atomic mass is 10.3. The predicted octanol–water partition coefficient (Wildman–Crippen LogP) is 2.57. The summed E-state index contributed by atoms with van der Waals surface area (Å²) in [5, 5.41) is 8.84. The molecule has 2 rings (SSSR count). The molecule has 0 amide bonds. The van der Waals surface area contributed by atoms with Crippen LogP contribution in [-0.2, 0) is 6.61 Å². The van der Waals surface area contributed by atoms with Crippen molar-refractivity contribution in [2.75, 3.05) is 7.11 Å². The SMILES string of the molecule is COc1ccccc1Oc1ccc(CO)o1. The number of hydrogen-bond donors (Lipinski definition) is 1. The molecule has 84 valence electrons. The average Bonchev–Trinajstić information content (AvgIpc) is 2.77. The molecule has 0 bridgehead atoms. The number of hydrogen-bond acceptors (Lipinski definition) is 4. The third kappa shape index (κ3) is 2.17. The maximum absolute atomic E-state index is 8.84. The summed E-state index contributed by atoms with van der Waals surface area (Å²) >= 11 is 0. The molecule has 0 saturated heterocycles. The van der Waals surface area contributed by atoms with E-state index < -0.39 is 0 Å². The number of aliphatic hydroxyl groups is 1. The molecule has 0 spiro atoms. The van der Waals surface area contributed by atoms with Crippen LogP contribution in [0.2, 0.25) is 0 Å². The summed E-state index contributed by atoms with van der Waals surface area (Å²) in [5.74, 6) is 1.99. The van der Waals surface area contributed by atoms with Gasteiger partial charge in [0.2, 0.25) is 0 Å². The lowest BCUT2D eigenvalue weighted by Crippen LogP contribution is -1.88. The van der Waals surface area contributed by atoms with Gasteiger partial charge in [-0.25, -0.2) is 0 Å². The van der Waals surface area contributed by atoms with Crippen molar-refractivity contribution in [2.45, 2.75) is 6.61 Å². The fourth-order valence-corrected chi connectivity index (χ4v) is 1.31. The summed E-state index contributed by atoms with van der Waals surface area (Å²) in [7, 11) is 1.57. The summed E-state index contributed by atoms with van der Waals surface area (Å²) in [4.78, 5) is 0. The van der Waals surface area contributed by atoms with E-state index in [-0.39, 0.29) is 6.61 Å². The molecule has 4 nitrogen and oxygen atoms in total. The minimum Gasteiger partial charge on any atom is -0.493 e. The van der Waals surface area contributed by atoms with Gasteiger partial charge in [-0.3, -0.25) is 0 Å². The molecule has 0 aliphatic carbocycles. The molecule has 2 aromatic rings. The van der Waals surface area contributed by atoms with Crippen LogP contribution in [0.15, 0.2) is 40.8 Å². The Kier molecular flexibility index (Phi) is 3.12. The molecular weight excluding hydrogens is 208 g/mol. The smallest absolute Gasteiger partial charge is 0.290 e. The van der Waals surface area contributed by atoms with Crippen LogP contribution < -0.4 is 9.47 Å². The first kappa shape index (κ1) is 10.6. The van der Waals surface area contributed by atoms with Crippen LogP contribution in [0.3, 0.4) is 0 Å². The Balaban J connectivity index is 2.19. The summed E-state index contributed by atoms with van der Waals surface area (Å²) in [5.41, 5.74) is 0. The van der Waals surface area contributed by atoms with Gasteiger partial charge in [0.25, 0.3) is 5.95 Å². The Morgan fingerprint density at radius 2 is 1.88 bits per heavy atom. The standard InChI is InChI=1S/C12H12O4/c1-14-10-4-2-3-5-11(10)16-12-7-6-9(8-13)15-12/h2-7,13H,8H2,1H3. The van der Waals surface area contributed by atoms with Crippen LogP contribution in [0.5, 0.6) is 17.4 Å². The Morgan fingerprint density at radius 3 is 2.50 bits per heavy atom. The largest absolute Gasteiger partial charge is 0.493 e. The monoisotopic (exact) mass is 220 g/mol. The number of aliphatic hydroxyl groups excluding tert-OH is 1. The highest BCUT2D eigenvalue weighted by Crippen LogP contribution is 2.31. The van der Waals surface area contributed by atoms with E-state index in [2.05, 4.69) is 0 Å². The second-order valence-electron chi connectivity index (χ2n) is 3.13. The van der Waals surface area contributed by atoms with E-state index >= 15 is 0 Å². The molecule has 1 aromatic carbocycles. The summed E-state index contributed by atoms with van der Waals surface area (Å²) < 4.78 is 15.8. The van der Waals surface area contributed by atoms with E-state index in [4.69, 9.17) is 19.0 Å². The third-order valence-electron chi connectivity index (χ3n) is 2.07. The molecule has 0 radical (unpaired) electrons. The molecule has 16 heavy (non-hydrogen) atoms. The van der Waals surface area contributed by atoms with Gasteiger partial charge in [-0.05, 0) is 18.2 Å². The van der Waals surface area contributed by atoms with Crippen LogP contribution in [0.4, 0.5) is 0 Å². The number of furan rings is 1. The van der Waals surface area contributed by atoms with Gasteiger partial charge in [0, 0.05) is 6.07 Å². The zero-order valence-corrected chi connectivity index (χ0v) is 8.84. The molecule has 0 fully saturated rings. The van der Waals surface area contributed by atoms with Crippen molar-refractivity contribution in [1.29, 1.82) is 0 Å². The Morgan fingerprint density at radius 1 is 1.12 bits per heavy atom. The van der Waals surface area contributed by atoms with Gasteiger partial charge in [0.05, 0.1) is 7.11 Å². The van der Waals surface area contributed by atoms with Crippen LogP contribution >= 0.6 is 0 Å². The molecule has 1 N–H and O–H groups in total. The topological polar surface area (TPSA) is 51.8 Å². The molecule has 1 aromatic heterocycles. The first-order chi connectivity index (χ1) is 7.83. The van der Waals surface area contributed by atoms with Crippen molar-refractivity contribution < 1.29 is 19.0 Å². The second-order valence-corrected chi connectivity index (χ2v) is 3.13.